The van der Waals surface area contributed by atoms with Crippen molar-refractivity contribution in [1.82, 2.24) is 4.57 Å². The van der Waals surface area contributed by atoms with E-state index in [0.717, 1.165) is 12.0 Å². The number of aryl methyl sites for hydroxylation is 2. The maximum Gasteiger partial charge on any atom is 0.254 e. The average molecular weight is 422 g/mol. The van der Waals surface area contributed by atoms with Gasteiger partial charge in [0.15, 0.2) is 11.0 Å². The van der Waals surface area contributed by atoms with Crippen molar-refractivity contribution in [2.24, 2.45) is 7.05 Å². The summed E-state index contributed by atoms with van der Waals surface area (Å²) in [6.45, 7) is 3.79. The number of thiophene rings is 1. The van der Waals surface area contributed by atoms with Crippen LogP contribution >= 0.6 is 22.9 Å². The molecule has 5 nitrogen and oxygen atoms in total. The van der Waals surface area contributed by atoms with Gasteiger partial charge in [0.05, 0.1) is 16.4 Å². The van der Waals surface area contributed by atoms with Gasteiger partial charge in [0.2, 0.25) is 0 Å². The summed E-state index contributed by atoms with van der Waals surface area (Å²) in [6.07, 6.45) is 0.885. The molecule has 27 heavy (non-hydrogen) atoms. The first kappa shape index (κ1) is 19.7. The van der Waals surface area contributed by atoms with E-state index in [4.69, 9.17) is 11.6 Å². The highest BCUT2D eigenvalue weighted by atomic mass is 35.5. The van der Waals surface area contributed by atoms with Crippen molar-refractivity contribution in [3.8, 4) is 0 Å². The molecule has 0 aliphatic heterocycles. The number of hydrogen-bond donors (Lipinski definition) is 2. The molecule has 0 radical (unpaired) electrons. The molecule has 0 bridgehead atoms. The number of hydrogen-bond acceptors (Lipinski definition) is 4. The fourth-order valence-corrected chi connectivity index (χ4v) is 4.65. The van der Waals surface area contributed by atoms with Crippen molar-refractivity contribution >= 4 is 51.1 Å². The van der Waals surface area contributed by atoms with Gasteiger partial charge in [-0.3, -0.25) is 14.1 Å². The minimum atomic E-state index is -1.42. The van der Waals surface area contributed by atoms with Crippen LogP contribution in [-0.2, 0) is 24.5 Å². The number of aromatic nitrogens is 1. The predicted molar refractivity (Wildman–Crippen MR) is 115 cm³/mol. The van der Waals surface area contributed by atoms with Crippen molar-refractivity contribution in [2.75, 3.05) is 10.0 Å². The van der Waals surface area contributed by atoms with E-state index in [1.807, 2.05) is 29.6 Å². The molecule has 0 spiro atoms. The van der Waals surface area contributed by atoms with E-state index >= 15 is 0 Å². The Kier molecular flexibility index (Phi) is 6.04. The third kappa shape index (κ3) is 4.26. The molecule has 0 amide bonds. The van der Waals surface area contributed by atoms with Gasteiger partial charge < -0.3 is 5.32 Å². The maximum atomic E-state index is 12.6. The summed E-state index contributed by atoms with van der Waals surface area (Å²) in [6, 6.07) is 11.1. The summed E-state index contributed by atoms with van der Waals surface area (Å²) in [5.74, 6) is 0.502. The first-order valence-corrected chi connectivity index (χ1v) is 10.8. The Labute approximate surface area is 169 Å². The number of rotatable bonds is 6. The lowest BCUT2D eigenvalue weighted by molar-refractivity contribution is 0.687. The van der Waals surface area contributed by atoms with Crippen LogP contribution in [0, 0.1) is 6.92 Å². The van der Waals surface area contributed by atoms with Gasteiger partial charge in [-0.1, -0.05) is 30.7 Å². The highest BCUT2D eigenvalue weighted by Crippen LogP contribution is 2.31. The number of nitrogens with zero attached hydrogens (tertiary/aromatic N) is 1. The van der Waals surface area contributed by atoms with Crippen LogP contribution in [0.5, 0.6) is 0 Å². The van der Waals surface area contributed by atoms with E-state index in [-0.39, 0.29) is 5.56 Å². The van der Waals surface area contributed by atoms with E-state index in [1.165, 1.54) is 15.9 Å². The molecule has 1 aromatic carbocycles. The number of halogens is 1. The molecule has 2 heterocycles. The van der Waals surface area contributed by atoms with Gasteiger partial charge in [-0.25, -0.2) is 4.21 Å². The maximum absolute atomic E-state index is 12.6. The summed E-state index contributed by atoms with van der Waals surface area (Å²) >= 11 is 7.80. The first-order chi connectivity index (χ1) is 12.9. The molecule has 1 atom stereocenters. The molecular formula is C19H20ClN3O2S2. The van der Waals surface area contributed by atoms with Crippen LogP contribution in [0.1, 0.15) is 18.1 Å². The Morgan fingerprint density at radius 1 is 1.22 bits per heavy atom. The molecule has 3 rings (SSSR count). The quantitative estimate of drug-likeness (QED) is 0.598. The zero-order valence-corrected chi connectivity index (χ0v) is 17.6. The Hall–Kier alpha value is -2.09. The molecule has 142 valence electrons. The van der Waals surface area contributed by atoms with Gasteiger partial charge in [0, 0.05) is 12.6 Å². The minimum Gasteiger partial charge on any atom is -0.339 e. The molecule has 2 aromatic heterocycles. The van der Waals surface area contributed by atoms with Crippen molar-refractivity contribution in [1.29, 1.82) is 0 Å². The zero-order chi connectivity index (χ0) is 19.6. The highest BCUT2D eigenvalue weighted by molar-refractivity contribution is 7.88. The zero-order valence-electron chi connectivity index (χ0n) is 15.2. The summed E-state index contributed by atoms with van der Waals surface area (Å²) in [5, 5.41) is 5.65. The van der Waals surface area contributed by atoms with Gasteiger partial charge >= 0.3 is 0 Å². The number of benzene rings is 1. The van der Waals surface area contributed by atoms with Crippen molar-refractivity contribution < 1.29 is 4.21 Å². The van der Waals surface area contributed by atoms with Crippen LogP contribution in [0.2, 0.25) is 5.02 Å². The van der Waals surface area contributed by atoms with E-state index in [0.29, 0.717) is 32.0 Å². The summed E-state index contributed by atoms with van der Waals surface area (Å²) < 4.78 is 17.8. The molecular weight excluding hydrogens is 402 g/mol. The topological polar surface area (TPSA) is 63.1 Å². The first-order valence-electron chi connectivity index (χ1n) is 8.38. The third-order valence-electron chi connectivity index (χ3n) is 4.17. The minimum absolute atomic E-state index is 0.133. The Morgan fingerprint density at radius 2 is 2.00 bits per heavy atom. The SMILES string of the molecule is CCc1ccc(Nc2c(NS(=O)c3cccs3)cc(C)c(=O)n2C)c(Cl)c1. The molecule has 1 unspecified atom stereocenters. The van der Waals surface area contributed by atoms with E-state index in [2.05, 4.69) is 17.0 Å². The lowest BCUT2D eigenvalue weighted by atomic mass is 10.1. The second-order valence-electron chi connectivity index (χ2n) is 6.05. The molecule has 0 fully saturated rings. The molecule has 0 aliphatic carbocycles. The molecule has 3 aromatic rings. The van der Waals surface area contributed by atoms with E-state index < -0.39 is 11.0 Å². The van der Waals surface area contributed by atoms with Crippen LogP contribution in [0.25, 0.3) is 0 Å². The number of nitrogens with one attached hydrogen (secondary N) is 2. The van der Waals surface area contributed by atoms with Crippen LogP contribution in [0.3, 0.4) is 0 Å². The van der Waals surface area contributed by atoms with E-state index in [9.17, 15) is 9.00 Å². The fourth-order valence-electron chi connectivity index (χ4n) is 2.65. The fraction of sp³-hybridized carbons (Fsp3) is 0.211. The smallest absolute Gasteiger partial charge is 0.254 e. The summed E-state index contributed by atoms with van der Waals surface area (Å²) in [4.78, 5) is 12.4. The van der Waals surface area contributed by atoms with Crippen LogP contribution < -0.4 is 15.6 Å². The molecule has 0 saturated carbocycles. The number of pyridine rings is 1. The Morgan fingerprint density at radius 3 is 2.63 bits per heavy atom. The highest BCUT2D eigenvalue weighted by Gasteiger charge is 2.15. The van der Waals surface area contributed by atoms with Gasteiger partial charge in [-0.2, -0.15) is 0 Å². The number of anilines is 3. The van der Waals surface area contributed by atoms with Crippen LogP contribution in [0.4, 0.5) is 17.2 Å². The summed E-state index contributed by atoms with van der Waals surface area (Å²) in [7, 11) is 0.247. The monoisotopic (exact) mass is 421 g/mol. The third-order valence-corrected chi connectivity index (χ3v) is 6.79. The largest absolute Gasteiger partial charge is 0.339 e. The Bertz CT molecular complexity index is 1050. The predicted octanol–water partition coefficient (Wildman–Crippen LogP) is 4.85. The van der Waals surface area contributed by atoms with Gasteiger partial charge in [-0.05, 0) is 48.6 Å². The van der Waals surface area contributed by atoms with Gasteiger partial charge in [0.1, 0.15) is 10.0 Å². The average Bonchev–Trinajstić information content (AvgIpc) is 3.19. The standard InChI is InChI=1S/C19H20ClN3O2S2/c1-4-13-7-8-15(14(20)11-13)21-18-16(10-12(2)19(24)23(18)3)22-27(25)17-6-5-9-26-17/h5-11,21-22H,4H2,1-3H3. The normalized spacial score (nSPS) is 12.0. The van der Waals surface area contributed by atoms with Crippen molar-refractivity contribution in [3.05, 3.63) is 68.3 Å². The second-order valence-corrected chi connectivity index (χ2v) is 8.84. The Balaban J connectivity index is 2.01. The van der Waals surface area contributed by atoms with Crippen LogP contribution in [-0.4, -0.2) is 8.78 Å². The van der Waals surface area contributed by atoms with Gasteiger partial charge in [-0.15, -0.1) is 11.3 Å². The lowest BCUT2D eigenvalue weighted by Crippen LogP contribution is -2.23. The van der Waals surface area contributed by atoms with Crippen molar-refractivity contribution in [2.45, 2.75) is 24.5 Å². The second kappa shape index (κ2) is 8.29. The summed E-state index contributed by atoms with van der Waals surface area (Å²) in [5.41, 5.74) is 2.79. The van der Waals surface area contributed by atoms with E-state index in [1.54, 1.807) is 26.1 Å². The van der Waals surface area contributed by atoms with Gasteiger partial charge in [0.25, 0.3) is 5.56 Å². The molecule has 8 heteroatoms. The molecule has 2 N–H and O–H groups in total. The molecule has 0 saturated heterocycles. The molecule has 0 aliphatic rings. The lowest BCUT2D eigenvalue weighted by Gasteiger charge is -2.18. The van der Waals surface area contributed by atoms with Crippen molar-refractivity contribution in [3.63, 3.8) is 0 Å². The van der Waals surface area contributed by atoms with Crippen LogP contribution in [0.15, 0.2) is 50.8 Å².